The zero-order valence-corrected chi connectivity index (χ0v) is 11.9. The number of nitrogens with zero attached hydrogens (tertiary/aromatic N) is 1. The minimum Gasteiger partial charge on any atom is -0.497 e. The molecule has 0 aliphatic rings. The van der Waals surface area contributed by atoms with Crippen molar-refractivity contribution in [3.05, 3.63) is 29.8 Å². The van der Waals surface area contributed by atoms with Crippen LogP contribution in [0, 0.1) is 0 Å². The summed E-state index contributed by atoms with van der Waals surface area (Å²) in [7, 11) is 3.64. The SMILES string of the molecule is CCC(Cc1ccc(OC)cc1)N(C)CCC(=O)O. The van der Waals surface area contributed by atoms with Crippen molar-refractivity contribution >= 4 is 5.97 Å². The molecule has 0 aromatic heterocycles. The first-order valence-electron chi connectivity index (χ1n) is 6.61. The molecule has 4 nitrogen and oxygen atoms in total. The third kappa shape index (κ3) is 5.30. The summed E-state index contributed by atoms with van der Waals surface area (Å²) < 4.78 is 5.14. The van der Waals surface area contributed by atoms with Crippen LogP contribution < -0.4 is 4.74 Å². The number of ether oxygens (including phenoxy) is 1. The van der Waals surface area contributed by atoms with Crippen molar-refractivity contribution in [2.24, 2.45) is 0 Å². The minimum absolute atomic E-state index is 0.190. The largest absolute Gasteiger partial charge is 0.497 e. The van der Waals surface area contributed by atoms with Crippen LogP contribution in [-0.2, 0) is 11.2 Å². The van der Waals surface area contributed by atoms with Crippen LogP contribution in [0.4, 0.5) is 0 Å². The third-order valence-corrected chi connectivity index (χ3v) is 3.40. The lowest BCUT2D eigenvalue weighted by Crippen LogP contribution is -2.34. The standard InChI is InChI=1S/C15H23NO3/c1-4-13(16(2)10-9-15(17)18)11-12-5-7-14(19-3)8-6-12/h5-8,13H,4,9-11H2,1-3H3,(H,17,18). The molecule has 0 saturated heterocycles. The number of aliphatic carboxylic acids is 1. The zero-order chi connectivity index (χ0) is 14.3. The summed E-state index contributed by atoms with van der Waals surface area (Å²) in [6.45, 7) is 2.72. The predicted octanol–water partition coefficient (Wildman–Crippen LogP) is 2.42. The van der Waals surface area contributed by atoms with Crippen LogP contribution >= 0.6 is 0 Å². The van der Waals surface area contributed by atoms with Gasteiger partial charge in [0, 0.05) is 12.6 Å². The summed E-state index contributed by atoms with van der Waals surface area (Å²) in [6.07, 6.45) is 2.12. The Morgan fingerprint density at radius 3 is 2.47 bits per heavy atom. The maximum absolute atomic E-state index is 10.6. The van der Waals surface area contributed by atoms with Crippen LogP contribution in [0.5, 0.6) is 5.75 Å². The topological polar surface area (TPSA) is 49.8 Å². The Morgan fingerprint density at radius 2 is 2.00 bits per heavy atom. The zero-order valence-electron chi connectivity index (χ0n) is 11.9. The second kappa shape index (κ2) is 7.79. The van der Waals surface area contributed by atoms with E-state index < -0.39 is 5.97 Å². The number of likely N-dealkylation sites (N-methyl/N-ethyl adjacent to an activating group) is 1. The second-order valence-corrected chi connectivity index (χ2v) is 4.74. The van der Waals surface area contributed by atoms with E-state index in [0.717, 1.165) is 18.6 Å². The Labute approximate surface area is 115 Å². The lowest BCUT2D eigenvalue weighted by molar-refractivity contribution is -0.137. The number of carboxylic acid groups (broad SMARTS) is 1. The molecule has 0 radical (unpaired) electrons. The van der Waals surface area contributed by atoms with Crippen LogP contribution in [0.25, 0.3) is 0 Å². The van der Waals surface area contributed by atoms with Crippen molar-refractivity contribution in [2.75, 3.05) is 20.7 Å². The Hall–Kier alpha value is -1.55. The smallest absolute Gasteiger partial charge is 0.304 e. The summed E-state index contributed by atoms with van der Waals surface area (Å²) in [4.78, 5) is 12.7. The molecular formula is C15H23NO3. The number of rotatable bonds is 8. The molecule has 1 atom stereocenters. The number of hydrogen-bond donors (Lipinski definition) is 1. The molecule has 1 N–H and O–H groups in total. The van der Waals surface area contributed by atoms with Crippen LogP contribution in [-0.4, -0.2) is 42.7 Å². The minimum atomic E-state index is -0.744. The predicted molar refractivity (Wildman–Crippen MR) is 75.7 cm³/mol. The van der Waals surface area contributed by atoms with E-state index in [1.165, 1.54) is 5.56 Å². The molecule has 106 valence electrons. The Morgan fingerprint density at radius 1 is 1.37 bits per heavy atom. The van der Waals surface area contributed by atoms with Gasteiger partial charge in [-0.1, -0.05) is 19.1 Å². The molecule has 0 amide bonds. The molecule has 0 spiro atoms. The Kier molecular flexibility index (Phi) is 6.36. The monoisotopic (exact) mass is 265 g/mol. The van der Waals surface area contributed by atoms with Gasteiger partial charge in [-0.25, -0.2) is 0 Å². The van der Waals surface area contributed by atoms with Gasteiger partial charge >= 0.3 is 5.97 Å². The maximum atomic E-state index is 10.6. The summed E-state index contributed by atoms with van der Waals surface area (Å²) >= 11 is 0. The average Bonchev–Trinajstić information content (AvgIpc) is 2.42. The fraction of sp³-hybridized carbons (Fsp3) is 0.533. The quantitative estimate of drug-likeness (QED) is 0.784. The van der Waals surface area contributed by atoms with Gasteiger partial charge in [0.05, 0.1) is 13.5 Å². The van der Waals surface area contributed by atoms with Gasteiger partial charge in [0.2, 0.25) is 0 Å². The Bertz CT molecular complexity index is 389. The van der Waals surface area contributed by atoms with Crippen molar-refractivity contribution in [1.82, 2.24) is 4.90 Å². The number of benzene rings is 1. The number of methoxy groups -OCH3 is 1. The summed E-state index contributed by atoms with van der Waals surface area (Å²) in [6, 6.07) is 8.41. The van der Waals surface area contributed by atoms with Gasteiger partial charge in [0.1, 0.15) is 5.75 Å². The first-order valence-corrected chi connectivity index (χ1v) is 6.61. The molecule has 4 heteroatoms. The molecule has 0 heterocycles. The highest BCUT2D eigenvalue weighted by molar-refractivity contribution is 5.66. The van der Waals surface area contributed by atoms with E-state index >= 15 is 0 Å². The van der Waals surface area contributed by atoms with Crippen molar-refractivity contribution in [1.29, 1.82) is 0 Å². The normalized spacial score (nSPS) is 12.4. The number of hydrogen-bond acceptors (Lipinski definition) is 3. The molecule has 0 aliphatic carbocycles. The van der Waals surface area contributed by atoms with Crippen LogP contribution in [0.15, 0.2) is 24.3 Å². The average molecular weight is 265 g/mol. The van der Waals surface area contributed by atoms with Crippen molar-refractivity contribution in [3.63, 3.8) is 0 Å². The molecular weight excluding hydrogens is 242 g/mol. The second-order valence-electron chi connectivity index (χ2n) is 4.74. The van der Waals surface area contributed by atoms with Crippen molar-refractivity contribution in [2.45, 2.75) is 32.2 Å². The summed E-state index contributed by atoms with van der Waals surface area (Å²) in [5.74, 6) is 0.113. The lowest BCUT2D eigenvalue weighted by Gasteiger charge is -2.26. The summed E-state index contributed by atoms with van der Waals surface area (Å²) in [5.41, 5.74) is 1.25. The molecule has 0 aliphatic heterocycles. The Balaban J connectivity index is 2.56. The fourth-order valence-electron chi connectivity index (χ4n) is 2.10. The van der Waals surface area contributed by atoms with Gasteiger partial charge in [-0.3, -0.25) is 4.79 Å². The first-order chi connectivity index (χ1) is 9.06. The lowest BCUT2D eigenvalue weighted by atomic mass is 10.0. The highest BCUT2D eigenvalue weighted by Crippen LogP contribution is 2.15. The van der Waals surface area contributed by atoms with E-state index in [1.54, 1.807) is 7.11 Å². The van der Waals surface area contributed by atoms with Crippen LogP contribution in [0.2, 0.25) is 0 Å². The molecule has 1 aromatic rings. The van der Waals surface area contributed by atoms with Crippen LogP contribution in [0.1, 0.15) is 25.3 Å². The van der Waals surface area contributed by atoms with Gasteiger partial charge in [-0.05, 0) is 37.6 Å². The highest BCUT2D eigenvalue weighted by atomic mass is 16.5. The van der Waals surface area contributed by atoms with Crippen molar-refractivity contribution < 1.29 is 14.6 Å². The molecule has 1 aromatic carbocycles. The maximum Gasteiger partial charge on any atom is 0.304 e. The molecule has 0 fully saturated rings. The van der Waals surface area contributed by atoms with E-state index in [-0.39, 0.29) is 6.42 Å². The molecule has 0 bridgehead atoms. The molecule has 1 rings (SSSR count). The van der Waals surface area contributed by atoms with E-state index in [4.69, 9.17) is 9.84 Å². The number of carbonyl (C=O) groups is 1. The molecule has 19 heavy (non-hydrogen) atoms. The van der Waals surface area contributed by atoms with E-state index in [0.29, 0.717) is 12.6 Å². The van der Waals surface area contributed by atoms with E-state index in [1.807, 2.05) is 19.2 Å². The van der Waals surface area contributed by atoms with E-state index in [2.05, 4.69) is 24.0 Å². The number of carboxylic acids is 1. The van der Waals surface area contributed by atoms with Gasteiger partial charge in [-0.15, -0.1) is 0 Å². The fourth-order valence-corrected chi connectivity index (χ4v) is 2.10. The van der Waals surface area contributed by atoms with Gasteiger partial charge < -0.3 is 14.7 Å². The first kappa shape index (κ1) is 15.5. The van der Waals surface area contributed by atoms with Gasteiger partial charge in [-0.2, -0.15) is 0 Å². The summed E-state index contributed by atoms with van der Waals surface area (Å²) in [5, 5.41) is 8.72. The molecule has 0 saturated carbocycles. The van der Waals surface area contributed by atoms with Crippen LogP contribution in [0.3, 0.4) is 0 Å². The van der Waals surface area contributed by atoms with Crippen molar-refractivity contribution in [3.8, 4) is 5.75 Å². The highest BCUT2D eigenvalue weighted by Gasteiger charge is 2.14. The third-order valence-electron chi connectivity index (χ3n) is 3.40. The molecule has 1 unspecified atom stereocenters. The van der Waals surface area contributed by atoms with Gasteiger partial charge in [0.15, 0.2) is 0 Å². The van der Waals surface area contributed by atoms with E-state index in [9.17, 15) is 4.79 Å². The van der Waals surface area contributed by atoms with Gasteiger partial charge in [0.25, 0.3) is 0 Å².